The third-order valence-corrected chi connectivity index (χ3v) is 4.72. The van der Waals surface area contributed by atoms with Crippen molar-refractivity contribution in [2.45, 2.75) is 12.8 Å². The monoisotopic (exact) mass is 453 g/mol. The zero-order valence-corrected chi connectivity index (χ0v) is 17.6. The van der Waals surface area contributed by atoms with Crippen LogP contribution in [-0.2, 0) is 4.74 Å². The standard InChI is InChI=1S/C24H21F2N3O4/c1-15(16-8-3-2-4-9-16)14-33-24(32)29-28-22(30)17-10-5-6-13-20(17)27-23(31)21-18(25)11-7-12-19(21)26/h2-13,15H,14H2,1H3,(H,27,31)(H,28,30)(H,29,32). The van der Waals surface area contributed by atoms with Crippen molar-refractivity contribution in [2.75, 3.05) is 11.9 Å². The largest absolute Gasteiger partial charge is 0.448 e. The van der Waals surface area contributed by atoms with Crippen LogP contribution < -0.4 is 16.2 Å². The normalized spacial score (nSPS) is 11.2. The van der Waals surface area contributed by atoms with Crippen LogP contribution >= 0.6 is 0 Å². The van der Waals surface area contributed by atoms with E-state index in [0.717, 1.165) is 23.8 Å². The van der Waals surface area contributed by atoms with Crippen LogP contribution in [0.25, 0.3) is 0 Å². The molecule has 0 aliphatic rings. The minimum absolute atomic E-state index is 0.00415. The van der Waals surface area contributed by atoms with Crippen LogP contribution in [0, 0.1) is 11.6 Å². The molecule has 170 valence electrons. The van der Waals surface area contributed by atoms with E-state index in [0.29, 0.717) is 0 Å². The highest BCUT2D eigenvalue weighted by Crippen LogP contribution is 2.19. The van der Waals surface area contributed by atoms with Crippen molar-refractivity contribution >= 4 is 23.6 Å². The molecule has 1 unspecified atom stereocenters. The Labute approximate surface area is 188 Å². The molecule has 33 heavy (non-hydrogen) atoms. The Bertz CT molecular complexity index is 1140. The first-order valence-corrected chi connectivity index (χ1v) is 9.99. The fourth-order valence-corrected chi connectivity index (χ4v) is 2.98. The Balaban J connectivity index is 1.58. The van der Waals surface area contributed by atoms with Crippen LogP contribution in [0.4, 0.5) is 19.3 Å². The van der Waals surface area contributed by atoms with Crippen LogP contribution in [0.3, 0.4) is 0 Å². The molecule has 3 aromatic rings. The van der Waals surface area contributed by atoms with Gasteiger partial charge in [-0.2, -0.15) is 0 Å². The third kappa shape index (κ3) is 6.13. The first-order valence-electron chi connectivity index (χ1n) is 9.99. The highest BCUT2D eigenvalue weighted by molar-refractivity contribution is 6.09. The van der Waals surface area contributed by atoms with Crippen LogP contribution in [0.2, 0.25) is 0 Å². The van der Waals surface area contributed by atoms with E-state index in [1.807, 2.05) is 37.3 Å². The predicted octanol–water partition coefficient (Wildman–Crippen LogP) is 4.39. The molecule has 0 aliphatic heterocycles. The molecule has 9 heteroatoms. The summed E-state index contributed by atoms with van der Waals surface area (Å²) in [6, 6.07) is 18.3. The molecule has 3 amide bonds. The number of para-hydroxylation sites is 1. The molecule has 3 rings (SSSR count). The molecule has 0 fully saturated rings. The van der Waals surface area contributed by atoms with Gasteiger partial charge in [-0.3, -0.25) is 15.0 Å². The van der Waals surface area contributed by atoms with Gasteiger partial charge < -0.3 is 10.1 Å². The summed E-state index contributed by atoms with van der Waals surface area (Å²) in [6.45, 7) is 1.98. The van der Waals surface area contributed by atoms with E-state index in [-0.39, 0.29) is 23.8 Å². The average Bonchev–Trinajstić information content (AvgIpc) is 2.81. The topological polar surface area (TPSA) is 96.5 Å². The van der Waals surface area contributed by atoms with Gasteiger partial charge in [0, 0.05) is 5.92 Å². The average molecular weight is 453 g/mol. The quantitative estimate of drug-likeness (QED) is 0.482. The van der Waals surface area contributed by atoms with E-state index in [2.05, 4.69) is 16.2 Å². The first kappa shape index (κ1) is 23.4. The maximum Gasteiger partial charge on any atom is 0.426 e. The second-order valence-electron chi connectivity index (χ2n) is 7.09. The summed E-state index contributed by atoms with van der Waals surface area (Å²) < 4.78 is 32.8. The highest BCUT2D eigenvalue weighted by atomic mass is 19.1. The van der Waals surface area contributed by atoms with Gasteiger partial charge in [-0.15, -0.1) is 0 Å². The van der Waals surface area contributed by atoms with Gasteiger partial charge in [0.25, 0.3) is 11.8 Å². The molecule has 0 spiro atoms. The van der Waals surface area contributed by atoms with Crippen LogP contribution in [0.1, 0.15) is 39.1 Å². The molecule has 0 saturated heterocycles. The van der Waals surface area contributed by atoms with E-state index in [9.17, 15) is 23.2 Å². The Morgan fingerprint density at radius 2 is 1.45 bits per heavy atom. The predicted molar refractivity (Wildman–Crippen MR) is 118 cm³/mol. The lowest BCUT2D eigenvalue weighted by atomic mass is 10.0. The Kier molecular flexibility index (Phi) is 7.69. The summed E-state index contributed by atoms with van der Waals surface area (Å²) in [5.74, 6) is -3.96. The second-order valence-corrected chi connectivity index (χ2v) is 7.09. The number of rotatable bonds is 6. The fraction of sp³-hybridized carbons (Fsp3) is 0.125. The Hall–Kier alpha value is -4.27. The summed E-state index contributed by atoms with van der Waals surface area (Å²) in [5.41, 5.74) is 4.47. The van der Waals surface area contributed by atoms with Crippen molar-refractivity contribution in [1.82, 2.24) is 10.9 Å². The lowest BCUT2D eigenvalue weighted by Gasteiger charge is -2.14. The van der Waals surface area contributed by atoms with Crippen LogP contribution in [0.5, 0.6) is 0 Å². The summed E-state index contributed by atoms with van der Waals surface area (Å²) in [6.07, 6.45) is -0.874. The van der Waals surface area contributed by atoms with Crippen molar-refractivity contribution in [3.63, 3.8) is 0 Å². The smallest absolute Gasteiger partial charge is 0.426 e. The van der Waals surface area contributed by atoms with E-state index < -0.39 is 35.1 Å². The Morgan fingerprint density at radius 3 is 2.15 bits per heavy atom. The van der Waals surface area contributed by atoms with Crippen molar-refractivity contribution in [3.05, 3.63) is 101 Å². The van der Waals surface area contributed by atoms with E-state index in [1.165, 1.54) is 24.3 Å². The molecule has 0 bridgehead atoms. The van der Waals surface area contributed by atoms with Gasteiger partial charge in [0.2, 0.25) is 0 Å². The van der Waals surface area contributed by atoms with Gasteiger partial charge in [0.15, 0.2) is 0 Å². The SMILES string of the molecule is CC(COC(=O)NNC(=O)c1ccccc1NC(=O)c1c(F)cccc1F)c1ccccc1. The first-order chi connectivity index (χ1) is 15.9. The molecule has 3 aromatic carbocycles. The molecule has 0 saturated carbocycles. The third-order valence-electron chi connectivity index (χ3n) is 4.72. The van der Waals surface area contributed by atoms with Crippen LogP contribution in [-0.4, -0.2) is 24.5 Å². The van der Waals surface area contributed by atoms with Gasteiger partial charge in [0.05, 0.1) is 17.9 Å². The molecule has 7 nitrogen and oxygen atoms in total. The van der Waals surface area contributed by atoms with Crippen molar-refractivity contribution < 1.29 is 27.9 Å². The fourth-order valence-electron chi connectivity index (χ4n) is 2.98. The van der Waals surface area contributed by atoms with Gasteiger partial charge in [0.1, 0.15) is 17.2 Å². The number of benzene rings is 3. The summed E-state index contributed by atoms with van der Waals surface area (Å²) >= 11 is 0. The lowest BCUT2D eigenvalue weighted by molar-refractivity contribution is 0.0907. The van der Waals surface area contributed by atoms with E-state index >= 15 is 0 Å². The van der Waals surface area contributed by atoms with Crippen LogP contribution in [0.15, 0.2) is 72.8 Å². The highest BCUT2D eigenvalue weighted by Gasteiger charge is 2.20. The zero-order chi connectivity index (χ0) is 23.8. The second kappa shape index (κ2) is 10.9. The van der Waals surface area contributed by atoms with Crippen molar-refractivity contribution in [1.29, 1.82) is 0 Å². The van der Waals surface area contributed by atoms with E-state index in [4.69, 9.17) is 4.74 Å². The molecule has 0 radical (unpaired) electrons. The number of anilines is 1. The molecular formula is C24H21F2N3O4. The summed E-state index contributed by atoms with van der Waals surface area (Å²) in [5, 5.41) is 2.31. The summed E-state index contributed by atoms with van der Waals surface area (Å²) in [4.78, 5) is 36.8. The number of hydrazine groups is 1. The number of ether oxygens (including phenoxy) is 1. The number of hydrogen-bond acceptors (Lipinski definition) is 4. The molecule has 1 atom stereocenters. The summed E-state index contributed by atoms with van der Waals surface area (Å²) in [7, 11) is 0. The minimum Gasteiger partial charge on any atom is -0.448 e. The van der Waals surface area contributed by atoms with Gasteiger partial charge >= 0.3 is 6.09 Å². The molecular weight excluding hydrogens is 432 g/mol. The number of amides is 3. The molecule has 0 aliphatic carbocycles. The maximum atomic E-state index is 13.9. The number of carbonyl (C=O) groups is 3. The Morgan fingerprint density at radius 1 is 0.818 bits per heavy atom. The number of nitrogens with one attached hydrogen (secondary N) is 3. The van der Waals surface area contributed by atoms with Gasteiger partial charge in [-0.1, -0.05) is 55.5 Å². The molecule has 0 aromatic heterocycles. The van der Waals surface area contributed by atoms with Crippen molar-refractivity contribution in [2.24, 2.45) is 0 Å². The van der Waals surface area contributed by atoms with E-state index in [1.54, 1.807) is 0 Å². The van der Waals surface area contributed by atoms with Crippen molar-refractivity contribution in [3.8, 4) is 0 Å². The number of halogens is 2. The van der Waals surface area contributed by atoms with Gasteiger partial charge in [-0.25, -0.2) is 19.0 Å². The minimum atomic E-state index is -1.06. The lowest BCUT2D eigenvalue weighted by Crippen LogP contribution is -2.42. The zero-order valence-electron chi connectivity index (χ0n) is 17.6. The number of hydrogen-bond donors (Lipinski definition) is 3. The molecule has 3 N–H and O–H groups in total. The molecule has 0 heterocycles. The van der Waals surface area contributed by atoms with Gasteiger partial charge in [-0.05, 0) is 29.8 Å². The maximum absolute atomic E-state index is 13.9. The number of carbonyl (C=O) groups excluding carboxylic acids is 3.